The molecule has 210 valence electrons. The van der Waals surface area contributed by atoms with Crippen LogP contribution in [0.1, 0.15) is 30.0 Å². The zero-order chi connectivity index (χ0) is 28.9. The number of hydrogen-bond acceptors (Lipinski definition) is 9. The molecule has 0 spiro atoms. The van der Waals surface area contributed by atoms with Crippen LogP contribution in [0.3, 0.4) is 0 Å². The van der Waals surface area contributed by atoms with Crippen molar-refractivity contribution >= 4 is 32.3 Å². The van der Waals surface area contributed by atoms with Crippen molar-refractivity contribution in [2.24, 2.45) is 0 Å². The van der Waals surface area contributed by atoms with Gasteiger partial charge >= 0.3 is 5.69 Å². The van der Waals surface area contributed by atoms with E-state index in [9.17, 15) is 27.3 Å². The summed E-state index contributed by atoms with van der Waals surface area (Å²) in [6.07, 6.45) is 4.26. The molecule has 0 amide bonds. The maximum atomic E-state index is 14.6. The first-order chi connectivity index (χ1) is 19.6. The molecule has 0 fully saturated rings. The molecule has 0 aliphatic carbocycles. The number of halogens is 2. The van der Waals surface area contributed by atoms with E-state index in [0.717, 1.165) is 18.4 Å². The normalized spacial score (nSPS) is 15.1. The number of nitriles is 1. The summed E-state index contributed by atoms with van der Waals surface area (Å²) >= 11 is 0. The van der Waals surface area contributed by atoms with Crippen LogP contribution in [-0.2, 0) is 20.8 Å². The highest BCUT2D eigenvalue weighted by atomic mass is 32.2. The lowest BCUT2D eigenvalue weighted by atomic mass is 10.00. The molecule has 0 saturated heterocycles. The van der Waals surface area contributed by atoms with Crippen LogP contribution in [0.2, 0.25) is 0 Å². The van der Waals surface area contributed by atoms with Gasteiger partial charge in [-0.15, -0.1) is 0 Å². The molecule has 0 radical (unpaired) electrons. The van der Waals surface area contributed by atoms with Gasteiger partial charge in [0.15, 0.2) is 17.2 Å². The van der Waals surface area contributed by atoms with E-state index in [2.05, 4.69) is 21.0 Å². The summed E-state index contributed by atoms with van der Waals surface area (Å²) in [6.45, 7) is -0.0219. The molecule has 6 rings (SSSR count). The third-order valence-corrected chi connectivity index (χ3v) is 7.35. The number of aryl methyl sites for hydroxylation is 1. The number of benzene rings is 2. The molecule has 41 heavy (non-hydrogen) atoms. The van der Waals surface area contributed by atoms with Crippen molar-refractivity contribution < 1.29 is 26.1 Å². The Bertz CT molecular complexity index is 2050. The van der Waals surface area contributed by atoms with E-state index in [0.29, 0.717) is 22.1 Å². The molecule has 1 atom stereocenters. The van der Waals surface area contributed by atoms with Crippen molar-refractivity contribution in [3.63, 3.8) is 0 Å². The fraction of sp³-hybridized carbons (Fsp3) is 0.269. The molecule has 0 saturated carbocycles. The van der Waals surface area contributed by atoms with E-state index >= 15 is 0 Å². The van der Waals surface area contributed by atoms with Crippen LogP contribution in [-0.4, -0.2) is 56.5 Å². The molecule has 2 aromatic carbocycles. The van der Waals surface area contributed by atoms with Crippen LogP contribution < -0.4 is 10.4 Å². The molecule has 12 nitrogen and oxygen atoms in total. The monoisotopic (exact) mass is 581 g/mol. The Morgan fingerprint density at radius 1 is 1.20 bits per heavy atom. The van der Waals surface area contributed by atoms with Crippen molar-refractivity contribution in [3.05, 3.63) is 76.1 Å². The molecule has 3 aromatic heterocycles. The zero-order valence-corrected chi connectivity index (χ0v) is 22.3. The van der Waals surface area contributed by atoms with Crippen LogP contribution in [0.4, 0.5) is 8.78 Å². The summed E-state index contributed by atoms with van der Waals surface area (Å²) < 4.78 is 66.3. The Kier molecular flexibility index (Phi) is 6.51. The van der Waals surface area contributed by atoms with E-state index in [1.807, 2.05) is 0 Å². The summed E-state index contributed by atoms with van der Waals surface area (Å²) in [5.74, 6) is -1.69. The quantitative estimate of drug-likeness (QED) is 0.209. The van der Waals surface area contributed by atoms with Gasteiger partial charge < -0.3 is 4.74 Å². The van der Waals surface area contributed by atoms with E-state index in [1.165, 1.54) is 21.7 Å². The zero-order valence-electron chi connectivity index (χ0n) is 21.5. The summed E-state index contributed by atoms with van der Waals surface area (Å²) in [6, 6.07) is 8.07. The minimum Gasteiger partial charge on any atom is -0.490 e. The second kappa shape index (κ2) is 10.1. The van der Waals surface area contributed by atoms with E-state index in [1.54, 1.807) is 22.8 Å². The van der Waals surface area contributed by atoms with E-state index in [-0.39, 0.29) is 55.5 Å². The average Bonchev–Trinajstić information content (AvgIpc) is 3.47. The Hall–Kier alpha value is -4.68. The molecular formula is C26H21F2N7O5S. The standard InChI is InChI=1S/C26H21F2N7O5S/c1-41(37,38)40-7-2-6-33-22-13-30-25(34-14-31-19-4-3-15(12-29)9-21(19)34)32-24(22)35(26(33)36)20-5-8-39-23-17(20)10-16(27)11-18(23)28/h3-4,9-11,13-14,20H,2,5-8H2,1H3/t20-/m1/s1. The number of ether oxygens (including phenoxy) is 1. The van der Waals surface area contributed by atoms with Gasteiger partial charge in [0.1, 0.15) is 17.7 Å². The highest BCUT2D eigenvalue weighted by Crippen LogP contribution is 2.38. The second-order valence-electron chi connectivity index (χ2n) is 9.45. The first kappa shape index (κ1) is 26.5. The van der Waals surface area contributed by atoms with Crippen LogP contribution in [0.5, 0.6) is 5.75 Å². The number of aromatic nitrogens is 6. The van der Waals surface area contributed by atoms with Crippen molar-refractivity contribution in [2.75, 3.05) is 19.5 Å². The Morgan fingerprint density at radius 3 is 2.80 bits per heavy atom. The maximum Gasteiger partial charge on any atom is 0.330 e. The van der Waals surface area contributed by atoms with E-state index in [4.69, 9.17) is 8.92 Å². The number of rotatable bonds is 7. The fourth-order valence-electron chi connectivity index (χ4n) is 5.01. The first-order valence-electron chi connectivity index (χ1n) is 12.5. The molecule has 1 aliphatic heterocycles. The van der Waals surface area contributed by atoms with Crippen LogP contribution in [0.15, 0.2) is 47.7 Å². The molecule has 1 aliphatic rings. The lowest BCUT2D eigenvalue weighted by molar-refractivity contribution is 0.242. The summed E-state index contributed by atoms with van der Waals surface area (Å²) in [5.41, 5.74) is 1.70. The van der Waals surface area contributed by atoms with Crippen molar-refractivity contribution in [3.8, 4) is 17.8 Å². The Labute approximate surface area is 231 Å². The maximum absolute atomic E-state index is 14.6. The number of imidazole rings is 2. The third kappa shape index (κ3) is 4.81. The molecular weight excluding hydrogens is 560 g/mol. The minimum absolute atomic E-state index is 0.0632. The van der Waals surface area contributed by atoms with Crippen molar-refractivity contribution in [1.82, 2.24) is 28.7 Å². The van der Waals surface area contributed by atoms with Gasteiger partial charge in [0.2, 0.25) is 5.95 Å². The first-order valence-corrected chi connectivity index (χ1v) is 14.3. The molecule has 0 unspecified atom stereocenters. The number of nitrogens with zero attached hydrogens (tertiary/aromatic N) is 7. The summed E-state index contributed by atoms with van der Waals surface area (Å²) in [7, 11) is -3.67. The highest BCUT2D eigenvalue weighted by molar-refractivity contribution is 7.85. The van der Waals surface area contributed by atoms with Crippen LogP contribution in [0, 0.1) is 23.0 Å². The van der Waals surface area contributed by atoms with Crippen LogP contribution in [0.25, 0.3) is 28.1 Å². The van der Waals surface area contributed by atoms with Gasteiger partial charge in [-0.05, 0) is 30.7 Å². The minimum atomic E-state index is -3.67. The summed E-state index contributed by atoms with van der Waals surface area (Å²) in [4.78, 5) is 27.3. The lowest BCUT2D eigenvalue weighted by Crippen LogP contribution is -2.31. The van der Waals surface area contributed by atoms with Crippen molar-refractivity contribution in [1.29, 1.82) is 5.26 Å². The Morgan fingerprint density at radius 2 is 2.02 bits per heavy atom. The lowest BCUT2D eigenvalue weighted by Gasteiger charge is -2.27. The topological polar surface area (TPSA) is 147 Å². The second-order valence-corrected chi connectivity index (χ2v) is 11.1. The largest absolute Gasteiger partial charge is 0.490 e. The molecule has 15 heteroatoms. The predicted molar refractivity (Wildman–Crippen MR) is 141 cm³/mol. The van der Waals surface area contributed by atoms with E-state index < -0.39 is 33.5 Å². The Balaban J connectivity index is 1.53. The van der Waals surface area contributed by atoms with Gasteiger partial charge in [0, 0.05) is 24.6 Å². The van der Waals surface area contributed by atoms with Gasteiger partial charge in [-0.2, -0.15) is 18.7 Å². The van der Waals surface area contributed by atoms with Gasteiger partial charge in [-0.3, -0.25) is 17.9 Å². The van der Waals surface area contributed by atoms with Crippen LogP contribution >= 0.6 is 0 Å². The SMILES string of the molecule is CS(=O)(=O)OCCCn1c(=O)n([C@@H]2CCOc3c(F)cc(F)cc32)c2nc(-n3cnc4ccc(C#N)cc43)ncc21. The highest BCUT2D eigenvalue weighted by Gasteiger charge is 2.31. The predicted octanol–water partition coefficient (Wildman–Crippen LogP) is 2.82. The number of hydrogen-bond donors (Lipinski definition) is 0. The number of fused-ring (bicyclic) bond motifs is 3. The third-order valence-electron chi connectivity index (χ3n) is 6.75. The van der Waals surface area contributed by atoms with Gasteiger partial charge in [-0.1, -0.05) is 0 Å². The van der Waals surface area contributed by atoms with Gasteiger partial charge in [0.25, 0.3) is 10.1 Å². The fourth-order valence-corrected chi connectivity index (χ4v) is 5.43. The summed E-state index contributed by atoms with van der Waals surface area (Å²) in [5, 5.41) is 9.35. The van der Waals surface area contributed by atoms with Gasteiger partial charge in [0.05, 0.1) is 54.4 Å². The van der Waals surface area contributed by atoms with Gasteiger partial charge in [-0.25, -0.2) is 23.5 Å². The van der Waals surface area contributed by atoms with Crippen molar-refractivity contribution in [2.45, 2.75) is 25.4 Å². The smallest absolute Gasteiger partial charge is 0.330 e. The molecule has 0 N–H and O–H groups in total. The molecule has 0 bridgehead atoms. The molecule has 5 aromatic rings. The average molecular weight is 582 g/mol. The molecule has 4 heterocycles.